The van der Waals surface area contributed by atoms with Gasteiger partial charge in [-0.05, 0) is 36.1 Å². The maximum atomic E-state index is 13.5. The summed E-state index contributed by atoms with van der Waals surface area (Å²) in [6, 6.07) is 7.58. The number of nitrogens with zero attached hydrogens (tertiary/aromatic N) is 5. The molecular formula is C19H15FN6O. The van der Waals surface area contributed by atoms with Gasteiger partial charge in [0.1, 0.15) is 24.0 Å². The first-order valence-electron chi connectivity index (χ1n) is 8.36. The number of rotatable bonds is 4. The van der Waals surface area contributed by atoms with Crippen molar-refractivity contribution in [3.8, 4) is 17.3 Å². The molecule has 1 aromatic carbocycles. The first-order valence-corrected chi connectivity index (χ1v) is 8.36. The SMILES string of the molecule is Cn1cc([C@@H]2C[C@H]2C(=O)Nc2cc(-c3ccc(F)c(C#N)c3)ncn2)cn1. The third-order valence-electron chi connectivity index (χ3n) is 4.58. The molecular weight excluding hydrogens is 347 g/mol. The van der Waals surface area contributed by atoms with E-state index in [1.54, 1.807) is 23.0 Å². The smallest absolute Gasteiger partial charge is 0.229 e. The second kappa shape index (κ2) is 6.61. The fourth-order valence-corrected chi connectivity index (χ4v) is 3.06. The molecule has 134 valence electrons. The third kappa shape index (κ3) is 3.40. The van der Waals surface area contributed by atoms with E-state index in [0.717, 1.165) is 12.0 Å². The Morgan fingerprint density at radius 3 is 2.96 bits per heavy atom. The number of aryl methyl sites for hydroxylation is 1. The first-order chi connectivity index (χ1) is 13.0. The molecule has 1 aliphatic carbocycles. The topological polar surface area (TPSA) is 96.5 Å². The van der Waals surface area contributed by atoms with Gasteiger partial charge in [-0.15, -0.1) is 0 Å². The number of halogens is 1. The summed E-state index contributed by atoms with van der Waals surface area (Å²) in [5.74, 6) is -0.257. The number of amides is 1. The zero-order valence-electron chi connectivity index (χ0n) is 14.4. The Morgan fingerprint density at radius 1 is 1.37 bits per heavy atom. The minimum Gasteiger partial charge on any atom is -0.310 e. The normalized spacial score (nSPS) is 18.0. The lowest BCUT2D eigenvalue weighted by atomic mass is 10.1. The van der Waals surface area contributed by atoms with Gasteiger partial charge in [-0.2, -0.15) is 10.4 Å². The van der Waals surface area contributed by atoms with E-state index in [0.29, 0.717) is 17.1 Å². The van der Waals surface area contributed by atoms with Crippen LogP contribution in [0.2, 0.25) is 0 Å². The molecule has 1 amide bonds. The molecule has 0 unspecified atom stereocenters. The number of aromatic nitrogens is 4. The molecule has 0 saturated heterocycles. The van der Waals surface area contributed by atoms with Crippen LogP contribution in [0.15, 0.2) is 43.0 Å². The number of hydrogen-bond acceptors (Lipinski definition) is 5. The van der Waals surface area contributed by atoms with Crippen molar-refractivity contribution in [2.24, 2.45) is 13.0 Å². The monoisotopic (exact) mass is 362 g/mol. The molecule has 1 N–H and O–H groups in total. The lowest BCUT2D eigenvalue weighted by molar-refractivity contribution is -0.117. The molecule has 0 spiro atoms. The number of hydrogen-bond donors (Lipinski definition) is 1. The molecule has 2 heterocycles. The Balaban J connectivity index is 1.49. The number of nitrogens with one attached hydrogen (secondary N) is 1. The highest BCUT2D eigenvalue weighted by Crippen LogP contribution is 2.47. The molecule has 7 nitrogen and oxygen atoms in total. The zero-order valence-corrected chi connectivity index (χ0v) is 14.4. The molecule has 8 heteroatoms. The van der Waals surface area contributed by atoms with E-state index >= 15 is 0 Å². The van der Waals surface area contributed by atoms with Gasteiger partial charge in [-0.25, -0.2) is 14.4 Å². The second-order valence-electron chi connectivity index (χ2n) is 6.48. The highest BCUT2D eigenvalue weighted by molar-refractivity contribution is 5.94. The standard InChI is InChI=1S/C19H15FN6O/c1-26-9-13(8-24-26)14-5-15(14)19(27)25-18-6-17(22-10-23-18)11-2-3-16(20)12(4-11)7-21/h2-4,6,8-10,14-15H,5H2,1H3,(H,22,23,25,27)/t14-,15+/m0/s1. The first kappa shape index (κ1) is 16.8. The minimum absolute atomic E-state index is 0.0611. The average Bonchev–Trinajstić information content (AvgIpc) is 3.36. The van der Waals surface area contributed by atoms with Gasteiger partial charge >= 0.3 is 0 Å². The largest absolute Gasteiger partial charge is 0.310 e. The van der Waals surface area contributed by atoms with Gasteiger partial charge in [0.25, 0.3) is 0 Å². The van der Waals surface area contributed by atoms with E-state index in [-0.39, 0.29) is 23.3 Å². The summed E-state index contributed by atoms with van der Waals surface area (Å²) in [5, 5.41) is 15.9. The molecule has 1 saturated carbocycles. The predicted octanol–water partition coefficient (Wildman–Crippen LogP) is 2.63. The summed E-state index contributed by atoms with van der Waals surface area (Å²) >= 11 is 0. The number of carbonyl (C=O) groups is 1. The van der Waals surface area contributed by atoms with Crippen LogP contribution in [-0.4, -0.2) is 25.7 Å². The van der Waals surface area contributed by atoms with E-state index in [4.69, 9.17) is 5.26 Å². The predicted molar refractivity (Wildman–Crippen MR) is 94.8 cm³/mol. The molecule has 2 atom stereocenters. The summed E-state index contributed by atoms with van der Waals surface area (Å²) in [4.78, 5) is 20.7. The van der Waals surface area contributed by atoms with Gasteiger partial charge in [0, 0.05) is 30.8 Å². The summed E-state index contributed by atoms with van der Waals surface area (Å²) in [5.41, 5.74) is 2.06. The molecule has 3 aromatic rings. The Labute approximate surface area is 154 Å². The average molecular weight is 362 g/mol. The maximum Gasteiger partial charge on any atom is 0.229 e. The molecule has 2 aromatic heterocycles. The van der Waals surface area contributed by atoms with Crippen molar-refractivity contribution in [3.63, 3.8) is 0 Å². The summed E-state index contributed by atoms with van der Waals surface area (Å²) in [6.07, 6.45) is 5.80. The molecule has 4 rings (SSSR count). The molecule has 1 aliphatic rings. The van der Waals surface area contributed by atoms with Crippen LogP contribution < -0.4 is 5.32 Å². The van der Waals surface area contributed by atoms with Crippen molar-refractivity contribution in [1.82, 2.24) is 19.7 Å². The van der Waals surface area contributed by atoms with Crippen LogP contribution in [0.3, 0.4) is 0 Å². The van der Waals surface area contributed by atoms with E-state index in [1.807, 2.05) is 13.2 Å². The highest BCUT2D eigenvalue weighted by atomic mass is 19.1. The van der Waals surface area contributed by atoms with E-state index in [9.17, 15) is 9.18 Å². The second-order valence-corrected chi connectivity index (χ2v) is 6.48. The van der Waals surface area contributed by atoms with Crippen LogP contribution in [0.1, 0.15) is 23.5 Å². The van der Waals surface area contributed by atoms with E-state index in [2.05, 4.69) is 20.4 Å². The van der Waals surface area contributed by atoms with Crippen LogP contribution in [-0.2, 0) is 11.8 Å². The zero-order chi connectivity index (χ0) is 19.0. The quantitative estimate of drug-likeness (QED) is 0.770. The van der Waals surface area contributed by atoms with Crippen molar-refractivity contribution < 1.29 is 9.18 Å². The van der Waals surface area contributed by atoms with Crippen LogP contribution in [0.25, 0.3) is 11.3 Å². The maximum absolute atomic E-state index is 13.5. The summed E-state index contributed by atoms with van der Waals surface area (Å²) < 4.78 is 15.2. The van der Waals surface area contributed by atoms with Gasteiger partial charge in [-0.3, -0.25) is 9.48 Å². The van der Waals surface area contributed by atoms with Crippen LogP contribution in [0, 0.1) is 23.1 Å². The number of anilines is 1. The van der Waals surface area contributed by atoms with Crippen molar-refractivity contribution in [2.45, 2.75) is 12.3 Å². The van der Waals surface area contributed by atoms with Gasteiger partial charge in [0.05, 0.1) is 17.5 Å². The Morgan fingerprint density at radius 2 is 2.22 bits per heavy atom. The van der Waals surface area contributed by atoms with E-state index in [1.165, 1.54) is 24.5 Å². The Bertz CT molecular complexity index is 1070. The van der Waals surface area contributed by atoms with Gasteiger partial charge in [0.15, 0.2) is 0 Å². The summed E-state index contributed by atoms with van der Waals surface area (Å²) in [7, 11) is 1.84. The number of carbonyl (C=O) groups excluding carboxylic acids is 1. The minimum atomic E-state index is -0.584. The third-order valence-corrected chi connectivity index (χ3v) is 4.58. The summed E-state index contributed by atoms with van der Waals surface area (Å²) in [6.45, 7) is 0. The fourth-order valence-electron chi connectivity index (χ4n) is 3.06. The highest BCUT2D eigenvalue weighted by Gasteiger charge is 2.44. The number of nitriles is 1. The van der Waals surface area contributed by atoms with Crippen LogP contribution in [0.4, 0.5) is 10.2 Å². The van der Waals surface area contributed by atoms with Crippen LogP contribution in [0.5, 0.6) is 0 Å². The fraction of sp³-hybridized carbons (Fsp3) is 0.211. The van der Waals surface area contributed by atoms with Crippen molar-refractivity contribution in [1.29, 1.82) is 5.26 Å². The molecule has 0 bridgehead atoms. The molecule has 0 radical (unpaired) electrons. The van der Waals surface area contributed by atoms with Gasteiger partial charge in [-0.1, -0.05) is 0 Å². The van der Waals surface area contributed by atoms with Crippen LogP contribution >= 0.6 is 0 Å². The molecule has 27 heavy (non-hydrogen) atoms. The van der Waals surface area contributed by atoms with E-state index < -0.39 is 5.82 Å². The number of benzene rings is 1. The van der Waals surface area contributed by atoms with Crippen molar-refractivity contribution in [3.05, 3.63) is 59.9 Å². The van der Waals surface area contributed by atoms with Crippen molar-refractivity contribution >= 4 is 11.7 Å². The lowest BCUT2D eigenvalue weighted by Crippen LogP contribution is -2.15. The lowest BCUT2D eigenvalue weighted by Gasteiger charge is -2.06. The van der Waals surface area contributed by atoms with Gasteiger partial charge < -0.3 is 5.32 Å². The Kier molecular flexibility index (Phi) is 4.12. The Hall–Kier alpha value is -3.60. The van der Waals surface area contributed by atoms with Crippen molar-refractivity contribution in [2.75, 3.05) is 5.32 Å². The van der Waals surface area contributed by atoms with Gasteiger partial charge in [0.2, 0.25) is 5.91 Å². The molecule has 0 aliphatic heterocycles. The molecule has 1 fully saturated rings.